The number of hydrogen-bond donors (Lipinski definition) is 8. The SMILES string of the molecule is CCOC(C)CN.Cc1cc(C(C)C)c(Oc2cnc(N)nc2N)cc1-n1cc[nH]c1=S.Cc1cc(C(C)C)c(Oc2cnc(N)nc2N)cc1NS. The Kier molecular flexibility index (Phi) is 15.7. The summed E-state index contributed by atoms with van der Waals surface area (Å²) in [7, 11) is 0. The molecular weight excluding hydrogens is 713 g/mol. The molecule has 0 saturated heterocycles. The zero-order valence-electron chi connectivity index (χ0n) is 31.5. The molecule has 0 aliphatic heterocycles. The predicted octanol–water partition coefficient (Wildman–Crippen LogP) is 7.21. The van der Waals surface area contributed by atoms with Gasteiger partial charge in [-0.05, 0) is 74.0 Å². The number of anilines is 5. The van der Waals surface area contributed by atoms with E-state index < -0.39 is 0 Å². The Morgan fingerprint density at radius 1 is 0.811 bits per heavy atom. The summed E-state index contributed by atoms with van der Waals surface area (Å²) >= 11 is 9.43. The molecule has 5 aromatic rings. The summed E-state index contributed by atoms with van der Waals surface area (Å²) in [5, 5.41) is 0. The molecule has 2 aromatic carbocycles. The van der Waals surface area contributed by atoms with Crippen LogP contribution in [0, 0.1) is 18.6 Å². The largest absolute Gasteiger partial charge is 0.451 e. The number of aromatic amines is 1. The third-order valence-electron chi connectivity index (χ3n) is 7.78. The van der Waals surface area contributed by atoms with Crippen LogP contribution in [0.25, 0.3) is 5.69 Å². The maximum atomic E-state index is 6.03. The standard InChI is InChI=1S/C17H20N6OS.C14H19N5OS.C5H13NO/c1-9(2)11-6-10(3)12(23-5-4-20-17(23)25)7-13(11)24-14-8-21-16(19)22-15(14)18;1-7(2)9-4-8(3)10(19-21)5-11(9)20-12-6-17-14(16)18-13(12)15;1-3-7-5(2)4-6/h4-9H,1-3H3,(H,20,25)(H4,18,19,21,22);4-7,19,21H,1-3H3,(H4,15,16,17,18);5H,3-4,6H2,1-2H3. The lowest BCUT2D eigenvalue weighted by molar-refractivity contribution is 0.0826. The molecule has 0 saturated carbocycles. The maximum Gasteiger partial charge on any atom is 0.222 e. The Hall–Kier alpha value is -5.10. The van der Waals surface area contributed by atoms with E-state index in [-0.39, 0.29) is 35.6 Å². The van der Waals surface area contributed by atoms with E-state index in [1.807, 2.05) is 50.6 Å². The van der Waals surface area contributed by atoms with E-state index in [4.69, 9.17) is 55.1 Å². The number of nitrogen functional groups attached to an aromatic ring is 4. The van der Waals surface area contributed by atoms with E-state index >= 15 is 0 Å². The number of nitrogens with two attached hydrogens (primary N) is 5. The highest BCUT2D eigenvalue weighted by molar-refractivity contribution is 7.81. The van der Waals surface area contributed by atoms with E-state index in [0.29, 0.717) is 40.2 Å². The average Bonchev–Trinajstić information content (AvgIpc) is 3.53. The second kappa shape index (κ2) is 19.7. The zero-order chi connectivity index (χ0) is 39.4. The first-order chi connectivity index (χ1) is 25.1. The summed E-state index contributed by atoms with van der Waals surface area (Å²) in [4.78, 5) is 18.7. The molecule has 53 heavy (non-hydrogen) atoms. The number of H-pyrrole nitrogens is 1. The van der Waals surface area contributed by atoms with Crippen LogP contribution in [0.1, 0.15) is 75.6 Å². The van der Waals surface area contributed by atoms with Crippen LogP contribution >= 0.6 is 25.0 Å². The summed E-state index contributed by atoms with van der Waals surface area (Å²) in [5.74, 6) is 3.29. The Morgan fingerprint density at radius 2 is 1.32 bits per heavy atom. The summed E-state index contributed by atoms with van der Waals surface area (Å²) in [6.45, 7) is 17.8. The molecule has 5 rings (SSSR count). The second-order valence-corrected chi connectivity index (χ2v) is 13.2. The van der Waals surface area contributed by atoms with Crippen molar-refractivity contribution in [2.24, 2.45) is 5.73 Å². The molecule has 0 fully saturated rings. The fraction of sp³-hybridized carbons (Fsp3) is 0.361. The van der Waals surface area contributed by atoms with Crippen LogP contribution in [0.2, 0.25) is 0 Å². The fourth-order valence-corrected chi connectivity index (χ4v) is 5.39. The number of hydrogen-bond acceptors (Lipinski definition) is 15. The topological polar surface area (TPSA) is 242 Å². The van der Waals surface area contributed by atoms with Crippen LogP contribution in [-0.4, -0.2) is 48.7 Å². The van der Waals surface area contributed by atoms with E-state index in [1.54, 1.807) is 6.20 Å². The van der Waals surface area contributed by atoms with Crippen LogP contribution in [-0.2, 0) is 4.74 Å². The van der Waals surface area contributed by atoms with Gasteiger partial charge >= 0.3 is 0 Å². The van der Waals surface area contributed by atoms with Crippen molar-refractivity contribution in [3.63, 3.8) is 0 Å². The molecule has 0 radical (unpaired) electrons. The molecule has 15 nitrogen and oxygen atoms in total. The molecule has 1 unspecified atom stereocenters. The van der Waals surface area contributed by atoms with Crippen molar-refractivity contribution in [3.8, 4) is 28.7 Å². The number of nitrogens with one attached hydrogen (secondary N) is 2. The maximum absolute atomic E-state index is 6.03. The molecule has 0 spiro atoms. The number of aryl methyl sites for hydroxylation is 2. The van der Waals surface area contributed by atoms with E-state index in [9.17, 15) is 0 Å². The van der Waals surface area contributed by atoms with Gasteiger partial charge in [0.2, 0.25) is 11.9 Å². The zero-order valence-corrected chi connectivity index (χ0v) is 33.2. The van der Waals surface area contributed by atoms with Crippen LogP contribution in [0.4, 0.5) is 29.2 Å². The van der Waals surface area contributed by atoms with E-state index in [1.165, 1.54) is 12.4 Å². The Morgan fingerprint density at radius 3 is 1.72 bits per heavy atom. The molecular formula is C36H52N12O3S2. The average molecular weight is 765 g/mol. The van der Waals surface area contributed by atoms with Gasteiger partial charge in [-0.1, -0.05) is 52.6 Å². The Balaban J connectivity index is 0.000000245. The van der Waals surface area contributed by atoms with Gasteiger partial charge in [-0.3, -0.25) is 4.57 Å². The van der Waals surface area contributed by atoms with E-state index in [0.717, 1.165) is 40.2 Å². The van der Waals surface area contributed by atoms with Crippen LogP contribution in [0.3, 0.4) is 0 Å². The van der Waals surface area contributed by atoms with Gasteiger partial charge in [0, 0.05) is 37.7 Å². The normalized spacial score (nSPS) is 11.3. The van der Waals surface area contributed by atoms with E-state index in [2.05, 4.69) is 82.3 Å². The predicted molar refractivity (Wildman–Crippen MR) is 220 cm³/mol. The smallest absolute Gasteiger partial charge is 0.222 e. The number of ether oxygens (including phenoxy) is 3. The molecule has 17 heteroatoms. The quantitative estimate of drug-likeness (QED) is 0.0490. The summed E-state index contributed by atoms with van der Waals surface area (Å²) in [6, 6.07) is 7.99. The van der Waals surface area contributed by atoms with Crippen molar-refractivity contribution in [2.75, 3.05) is 40.8 Å². The summed E-state index contributed by atoms with van der Waals surface area (Å²) in [6.07, 6.45) is 6.85. The molecule has 1 atom stereocenters. The van der Waals surface area contributed by atoms with Gasteiger partial charge in [-0.2, -0.15) is 9.97 Å². The minimum absolute atomic E-state index is 0.108. The number of nitrogens with zero attached hydrogens (tertiary/aromatic N) is 5. The molecule has 0 aliphatic carbocycles. The van der Waals surface area contributed by atoms with Gasteiger partial charge in [0.05, 0.1) is 29.9 Å². The van der Waals surface area contributed by atoms with Gasteiger partial charge in [0.25, 0.3) is 0 Å². The van der Waals surface area contributed by atoms with Crippen LogP contribution in [0.5, 0.6) is 23.0 Å². The molecule has 0 aliphatic rings. The van der Waals surface area contributed by atoms with Gasteiger partial charge in [-0.15, -0.1) is 0 Å². The number of thiol groups is 1. The van der Waals surface area contributed by atoms with Gasteiger partial charge in [-0.25, -0.2) is 9.97 Å². The van der Waals surface area contributed by atoms with Gasteiger partial charge in [0.1, 0.15) is 11.5 Å². The van der Waals surface area contributed by atoms with Crippen molar-refractivity contribution in [2.45, 2.75) is 73.3 Å². The number of aromatic nitrogens is 6. The van der Waals surface area contributed by atoms with Crippen LogP contribution < -0.4 is 42.9 Å². The first-order valence-corrected chi connectivity index (χ1v) is 17.8. The number of imidazole rings is 1. The Labute approximate surface area is 321 Å². The number of benzene rings is 2. The highest BCUT2D eigenvalue weighted by Gasteiger charge is 2.17. The first-order valence-electron chi connectivity index (χ1n) is 17.0. The molecule has 0 bridgehead atoms. The molecule has 0 amide bonds. The lowest BCUT2D eigenvalue weighted by atomic mass is 9.98. The monoisotopic (exact) mass is 764 g/mol. The third kappa shape index (κ3) is 11.7. The minimum Gasteiger partial charge on any atom is -0.451 e. The van der Waals surface area contributed by atoms with Crippen molar-refractivity contribution in [1.29, 1.82) is 0 Å². The third-order valence-corrected chi connectivity index (χ3v) is 8.34. The van der Waals surface area contributed by atoms with Crippen molar-refractivity contribution >= 4 is 54.3 Å². The van der Waals surface area contributed by atoms with Crippen molar-refractivity contribution in [3.05, 3.63) is 76.1 Å². The fourth-order valence-electron chi connectivity index (χ4n) is 4.92. The molecule has 286 valence electrons. The minimum atomic E-state index is 0.108. The van der Waals surface area contributed by atoms with Crippen molar-refractivity contribution in [1.82, 2.24) is 29.5 Å². The van der Waals surface area contributed by atoms with Crippen LogP contribution in [0.15, 0.2) is 49.1 Å². The highest BCUT2D eigenvalue weighted by Crippen LogP contribution is 2.37. The molecule has 12 N–H and O–H groups in total. The van der Waals surface area contributed by atoms with Gasteiger partial charge in [0.15, 0.2) is 27.9 Å². The second-order valence-electron chi connectivity index (χ2n) is 12.6. The van der Waals surface area contributed by atoms with Gasteiger partial charge < -0.3 is 52.6 Å². The lowest BCUT2D eigenvalue weighted by Gasteiger charge is -2.18. The molecule has 3 heterocycles. The Bertz CT molecular complexity index is 2020. The summed E-state index contributed by atoms with van der Waals surface area (Å²) < 4.78 is 22.3. The number of rotatable bonds is 11. The molecule has 3 aromatic heterocycles. The summed E-state index contributed by atoms with van der Waals surface area (Å²) in [5.41, 5.74) is 34.1. The highest BCUT2D eigenvalue weighted by atomic mass is 32.1. The lowest BCUT2D eigenvalue weighted by Crippen LogP contribution is -2.19. The first kappa shape index (κ1) is 42.3. The van der Waals surface area contributed by atoms with Crippen molar-refractivity contribution < 1.29 is 14.2 Å².